The van der Waals surface area contributed by atoms with Gasteiger partial charge in [-0.1, -0.05) is 39.5 Å². The number of hydrogen-bond donors (Lipinski definition) is 2. The first kappa shape index (κ1) is 21.5. The first-order chi connectivity index (χ1) is 13.7. The van der Waals surface area contributed by atoms with Crippen LogP contribution in [0.1, 0.15) is 73.1 Å². The van der Waals surface area contributed by atoms with Crippen LogP contribution < -0.4 is 10.6 Å². The summed E-state index contributed by atoms with van der Waals surface area (Å²) in [6, 6.07) is 6.78. The summed E-state index contributed by atoms with van der Waals surface area (Å²) in [7, 11) is 0. The summed E-state index contributed by atoms with van der Waals surface area (Å²) >= 11 is 0. The molecular weight excluding hydrogens is 352 g/mol. The number of carbonyl (C=O) groups excluding carboxylic acids is 2. The number of aromatic nitrogens is 2. The third-order valence-electron chi connectivity index (χ3n) is 4.44. The maximum Gasteiger partial charge on any atom is 0.251 e. The normalized spacial score (nSPS) is 10.5. The van der Waals surface area contributed by atoms with E-state index in [0.29, 0.717) is 35.6 Å². The third kappa shape index (κ3) is 6.76. The van der Waals surface area contributed by atoms with Crippen molar-refractivity contribution in [2.24, 2.45) is 0 Å². The molecule has 2 rings (SSSR count). The number of nitrogens with one attached hydrogen (secondary N) is 2. The molecule has 0 atom stereocenters. The average Bonchev–Trinajstić information content (AvgIpc) is 2.74. The molecule has 0 aliphatic heterocycles. The lowest BCUT2D eigenvalue weighted by atomic mass is 10.1. The molecule has 0 spiro atoms. The van der Waals surface area contributed by atoms with Gasteiger partial charge in [-0.3, -0.25) is 19.6 Å². The highest BCUT2D eigenvalue weighted by Crippen LogP contribution is 2.17. The first-order valence-corrected chi connectivity index (χ1v) is 10.1. The van der Waals surface area contributed by atoms with E-state index in [1.165, 1.54) is 0 Å². The Labute approximate surface area is 167 Å². The molecule has 6 nitrogen and oxygen atoms in total. The Morgan fingerprint density at radius 1 is 0.750 bits per heavy atom. The summed E-state index contributed by atoms with van der Waals surface area (Å²) in [6.45, 7) is 5.58. The van der Waals surface area contributed by atoms with Crippen molar-refractivity contribution in [2.45, 2.75) is 52.4 Å². The fourth-order valence-corrected chi connectivity index (χ4v) is 2.78. The van der Waals surface area contributed by atoms with Gasteiger partial charge in [0.1, 0.15) is 0 Å². The summed E-state index contributed by atoms with van der Waals surface area (Å²) in [5.41, 5.74) is 2.22. The Morgan fingerprint density at radius 3 is 1.57 bits per heavy atom. The van der Waals surface area contributed by atoms with E-state index in [0.717, 1.165) is 38.5 Å². The molecule has 0 aliphatic rings. The van der Waals surface area contributed by atoms with Gasteiger partial charge in [0.25, 0.3) is 11.8 Å². The van der Waals surface area contributed by atoms with Crippen molar-refractivity contribution in [2.75, 3.05) is 13.1 Å². The van der Waals surface area contributed by atoms with Crippen LogP contribution >= 0.6 is 0 Å². The van der Waals surface area contributed by atoms with E-state index in [1.807, 2.05) is 0 Å². The largest absolute Gasteiger partial charge is 0.352 e. The minimum Gasteiger partial charge on any atom is -0.352 e. The van der Waals surface area contributed by atoms with E-state index in [-0.39, 0.29) is 11.8 Å². The number of nitrogens with zero attached hydrogens (tertiary/aromatic N) is 2. The van der Waals surface area contributed by atoms with Crippen molar-refractivity contribution in [3.05, 3.63) is 47.8 Å². The molecule has 28 heavy (non-hydrogen) atoms. The second-order valence-electron chi connectivity index (χ2n) is 6.79. The molecule has 0 bridgehead atoms. The Morgan fingerprint density at radius 2 is 1.18 bits per heavy atom. The molecule has 0 aromatic carbocycles. The second kappa shape index (κ2) is 11.8. The van der Waals surface area contributed by atoms with Gasteiger partial charge >= 0.3 is 0 Å². The average molecular weight is 383 g/mol. The Balaban J connectivity index is 2.05. The van der Waals surface area contributed by atoms with E-state index in [4.69, 9.17) is 0 Å². The molecule has 2 N–H and O–H groups in total. The van der Waals surface area contributed by atoms with Crippen LogP contribution in [0.15, 0.2) is 36.7 Å². The van der Waals surface area contributed by atoms with E-state index in [2.05, 4.69) is 34.4 Å². The Hall–Kier alpha value is -2.76. The first-order valence-electron chi connectivity index (χ1n) is 10.1. The Kier molecular flexibility index (Phi) is 9.11. The SMILES string of the molecule is CCCCCNC(=O)c1ccnc(-c2cc(C(=O)NCCCCC)ccn2)c1. The predicted molar refractivity (Wildman–Crippen MR) is 111 cm³/mol. The molecule has 0 fully saturated rings. The number of rotatable bonds is 11. The standard InChI is InChI=1S/C22H30N4O2/c1-3-5-7-11-25-21(27)17-9-13-23-19(15-17)20-16-18(10-14-24-20)22(28)26-12-8-6-4-2/h9-10,13-16H,3-8,11-12H2,1-2H3,(H,25,27)(H,26,28). The molecule has 150 valence electrons. The van der Waals surface area contributed by atoms with Crippen LogP contribution in [0.25, 0.3) is 11.4 Å². The van der Waals surface area contributed by atoms with Crippen LogP contribution in [0.4, 0.5) is 0 Å². The van der Waals surface area contributed by atoms with Crippen LogP contribution in [0.3, 0.4) is 0 Å². The third-order valence-corrected chi connectivity index (χ3v) is 4.44. The quantitative estimate of drug-likeness (QED) is 0.576. The number of pyridine rings is 2. The number of amides is 2. The van der Waals surface area contributed by atoms with Crippen LogP contribution in [-0.2, 0) is 0 Å². The molecule has 2 amide bonds. The molecule has 0 unspecified atom stereocenters. The molecule has 2 heterocycles. The molecule has 6 heteroatoms. The van der Waals surface area contributed by atoms with Crippen molar-refractivity contribution < 1.29 is 9.59 Å². The van der Waals surface area contributed by atoms with Gasteiger partial charge in [-0.25, -0.2) is 0 Å². The van der Waals surface area contributed by atoms with Gasteiger partial charge in [0.2, 0.25) is 0 Å². The molecule has 0 radical (unpaired) electrons. The van der Waals surface area contributed by atoms with Gasteiger partial charge in [0.05, 0.1) is 11.4 Å². The van der Waals surface area contributed by atoms with Crippen LogP contribution in [0.2, 0.25) is 0 Å². The monoisotopic (exact) mass is 382 g/mol. The van der Waals surface area contributed by atoms with Crippen molar-refractivity contribution in [1.82, 2.24) is 20.6 Å². The minimum atomic E-state index is -0.121. The second-order valence-corrected chi connectivity index (χ2v) is 6.79. The predicted octanol–water partition coefficient (Wildman–Crippen LogP) is 3.98. The van der Waals surface area contributed by atoms with Gasteiger partial charge in [-0.2, -0.15) is 0 Å². The zero-order valence-electron chi connectivity index (χ0n) is 16.8. The van der Waals surface area contributed by atoms with Gasteiger partial charge in [-0.05, 0) is 37.1 Å². The fraction of sp³-hybridized carbons (Fsp3) is 0.455. The van der Waals surface area contributed by atoms with Crippen molar-refractivity contribution in [3.63, 3.8) is 0 Å². The van der Waals surface area contributed by atoms with E-state index in [1.54, 1.807) is 36.7 Å². The summed E-state index contributed by atoms with van der Waals surface area (Å²) in [5.74, 6) is -0.242. The van der Waals surface area contributed by atoms with Crippen molar-refractivity contribution >= 4 is 11.8 Å². The maximum absolute atomic E-state index is 12.3. The highest BCUT2D eigenvalue weighted by atomic mass is 16.2. The van der Waals surface area contributed by atoms with Gasteiger partial charge < -0.3 is 10.6 Å². The van der Waals surface area contributed by atoms with Crippen molar-refractivity contribution in [3.8, 4) is 11.4 Å². The fourth-order valence-electron chi connectivity index (χ4n) is 2.78. The number of hydrogen-bond acceptors (Lipinski definition) is 4. The summed E-state index contributed by atoms with van der Waals surface area (Å²) in [4.78, 5) is 33.3. The highest BCUT2D eigenvalue weighted by Gasteiger charge is 2.11. The van der Waals surface area contributed by atoms with Gasteiger partial charge in [-0.15, -0.1) is 0 Å². The number of unbranched alkanes of at least 4 members (excludes halogenated alkanes) is 4. The summed E-state index contributed by atoms with van der Waals surface area (Å²) < 4.78 is 0. The zero-order valence-corrected chi connectivity index (χ0v) is 16.8. The van der Waals surface area contributed by atoms with E-state index in [9.17, 15) is 9.59 Å². The smallest absolute Gasteiger partial charge is 0.251 e. The van der Waals surface area contributed by atoms with Crippen LogP contribution in [-0.4, -0.2) is 34.9 Å². The van der Waals surface area contributed by atoms with Crippen molar-refractivity contribution in [1.29, 1.82) is 0 Å². The summed E-state index contributed by atoms with van der Waals surface area (Å²) in [6.07, 6.45) is 9.55. The highest BCUT2D eigenvalue weighted by molar-refractivity contribution is 5.96. The van der Waals surface area contributed by atoms with Gasteiger partial charge in [0, 0.05) is 36.6 Å². The molecule has 0 saturated carbocycles. The van der Waals surface area contributed by atoms with E-state index < -0.39 is 0 Å². The Bertz CT molecular complexity index is 711. The lowest BCUT2D eigenvalue weighted by Gasteiger charge is -2.08. The van der Waals surface area contributed by atoms with E-state index >= 15 is 0 Å². The van der Waals surface area contributed by atoms with Crippen LogP contribution in [0, 0.1) is 0 Å². The number of carbonyl (C=O) groups is 2. The molecular formula is C22H30N4O2. The minimum absolute atomic E-state index is 0.121. The van der Waals surface area contributed by atoms with Gasteiger partial charge in [0.15, 0.2) is 0 Å². The molecule has 0 aliphatic carbocycles. The zero-order chi connectivity index (χ0) is 20.2. The summed E-state index contributed by atoms with van der Waals surface area (Å²) in [5, 5.41) is 5.85. The molecule has 2 aromatic rings. The molecule has 2 aromatic heterocycles. The van der Waals surface area contributed by atoms with Crippen LogP contribution in [0.5, 0.6) is 0 Å². The topological polar surface area (TPSA) is 84.0 Å². The molecule has 0 saturated heterocycles. The maximum atomic E-state index is 12.3. The lowest BCUT2D eigenvalue weighted by molar-refractivity contribution is 0.0944. The lowest BCUT2D eigenvalue weighted by Crippen LogP contribution is -2.24.